The number of aromatic amines is 1. The summed E-state index contributed by atoms with van der Waals surface area (Å²) in [5.74, 6) is 1.97. The molecule has 0 aromatic carbocycles. The molecule has 1 aromatic heterocycles. The van der Waals surface area contributed by atoms with Crippen molar-refractivity contribution in [2.24, 2.45) is 91.9 Å². The fraction of sp³-hybridized carbons (Fsp3) is 0.763. The van der Waals surface area contributed by atoms with Crippen molar-refractivity contribution in [1.82, 2.24) is 10.3 Å². The summed E-state index contributed by atoms with van der Waals surface area (Å²) in [7, 11) is 0. The number of ketones is 2. The molecule has 0 amide bonds. The molecule has 1 aromatic rings. The van der Waals surface area contributed by atoms with Gasteiger partial charge in [-0.25, -0.2) is 0 Å². The summed E-state index contributed by atoms with van der Waals surface area (Å²) < 4.78 is 5.89. The standard InChI is InChI=1S/C59H87N5O11/c1-6-7-8-18-58-28-45(67)44(66)27-55(58,4)43-16-19-57(20-22-63-54(60)61)50-36(26-59(57,74)48(43)49(51(58)69)64-29-33(3)65)11-9-10-35(42-31-75-53(72)47(42)37-17-21-62-30-37)24-40-38(15-14-34-13-12-32(2)23-39(34)40)41(52(70)71)25-46(68)56(50,5)73/h14,17,21,30,32,35-36,38-47,50,52,62,64,66-68,70-71,73-74H,6-8,11-13,15-16,18-20,22-29,31H2,1-5H3,(H4,60,61,63)/t32-,35+,36-,38+,39-,40-,41+,42-,43-,44-,45+,46+,47-,50+,55+,56-,57-,58-,59+/m0/s1. The molecule has 0 unspecified atom stereocenters. The number of carbonyl (C=O) groups is 3. The molecule has 75 heavy (non-hydrogen) atoms. The summed E-state index contributed by atoms with van der Waals surface area (Å²) in [6.07, 6.45) is 7.77. The largest absolute Gasteiger partial charge is 0.465 e. The van der Waals surface area contributed by atoms with Gasteiger partial charge in [-0.1, -0.05) is 57.6 Å². The summed E-state index contributed by atoms with van der Waals surface area (Å²) in [6, 6.07) is 1.89. The van der Waals surface area contributed by atoms with Crippen LogP contribution in [0.2, 0.25) is 0 Å². The zero-order valence-corrected chi connectivity index (χ0v) is 45.0. The highest BCUT2D eigenvalue weighted by molar-refractivity contribution is 6.03. The van der Waals surface area contributed by atoms with E-state index in [0.29, 0.717) is 43.6 Å². The Bertz CT molecular complexity index is 2460. The van der Waals surface area contributed by atoms with Gasteiger partial charge >= 0.3 is 5.97 Å². The van der Waals surface area contributed by atoms with E-state index in [0.717, 1.165) is 37.7 Å². The molecule has 2 heterocycles. The highest BCUT2D eigenvalue weighted by Gasteiger charge is 2.76. The van der Waals surface area contributed by atoms with Gasteiger partial charge in [-0.3, -0.25) is 19.4 Å². The van der Waals surface area contributed by atoms with Gasteiger partial charge in [-0.2, -0.15) is 0 Å². The van der Waals surface area contributed by atoms with Crippen LogP contribution in [0.25, 0.3) is 0 Å². The van der Waals surface area contributed by atoms with Crippen molar-refractivity contribution in [2.75, 3.05) is 19.7 Å². The van der Waals surface area contributed by atoms with Crippen molar-refractivity contribution in [3.63, 3.8) is 0 Å². The second-order valence-electron chi connectivity index (χ2n) is 25.4. The third-order valence-electron chi connectivity index (χ3n) is 21.4. The van der Waals surface area contributed by atoms with Crippen LogP contribution in [0.15, 0.2) is 46.4 Å². The van der Waals surface area contributed by atoms with Crippen LogP contribution in [0.4, 0.5) is 0 Å². The number of nitrogens with two attached hydrogens (primary N) is 2. The van der Waals surface area contributed by atoms with Crippen molar-refractivity contribution in [3.8, 4) is 11.8 Å². The number of aliphatic imine (C=N–C) groups is 1. The molecule has 0 radical (unpaired) electrons. The smallest absolute Gasteiger partial charge is 0.313 e. The topological polar surface area (TPSA) is 294 Å². The molecule has 16 nitrogen and oxygen atoms in total. The number of nitrogens with one attached hydrogen (secondary N) is 2. The molecule has 5 fully saturated rings. The maximum absolute atomic E-state index is 16.0. The van der Waals surface area contributed by atoms with Crippen molar-refractivity contribution in [1.29, 1.82) is 0 Å². The molecule has 414 valence electrons. The Labute approximate surface area is 443 Å². The first-order valence-electron chi connectivity index (χ1n) is 28.4. The van der Waals surface area contributed by atoms with Gasteiger partial charge in [0.05, 0.1) is 54.3 Å². The number of hydrogen-bond acceptors (Lipinski definition) is 13. The summed E-state index contributed by atoms with van der Waals surface area (Å²) in [5, 5.41) is 90.7. The van der Waals surface area contributed by atoms with Gasteiger partial charge in [-0.15, -0.1) is 5.92 Å². The maximum Gasteiger partial charge on any atom is 0.313 e. The number of aliphatic hydroxyl groups is 7. The van der Waals surface area contributed by atoms with Crippen molar-refractivity contribution < 1.29 is 54.9 Å². The number of esters is 1. The number of rotatable bonds is 13. The predicted molar refractivity (Wildman–Crippen MR) is 281 cm³/mol. The van der Waals surface area contributed by atoms with Crippen LogP contribution in [0.1, 0.15) is 155 Å². The van der Waals surface area contributed by atoms with Gasteiger partial charge in [0, 0.05) is 59.9 Å². The molecule has 16 heteroatoms. The molecule has 0 bridgehead atoms. The third-order valence-corrected chi connectivity index (χ3v) is 21.4. The number of aromatic nitrogens is 1. The second kappa shape index (κ2) is 21.3. The number of carbonyl (C=O) groups excluding carboxylic acids is 3. The number of guanidine groups is 1. The summed E-state index contributed by atoms with van der Waals surface area (Å²) in [6.45, 7) is 9.33. The molecule has 7 aliphatic carbocycles. The lowest BCUT2D eigenvalue weighted by atomic mass is 9.39. The number of aliphatic hydroxyl groups excluding tert-OH is 4. The monoisotopic (exact) mass is 1040 g/mol. The van der Waals surface area contributed by atoms with Crippen molar-refractivity contribution in [2.45, 2.75) is 185 Å². The molecule has 19 atom stereocenters. The van der Waals surface area contributed by atoms with Crippen LogP contribution in [0.3, 0.4) is 0 Å². The highest BCUT2D eigenvalue weighted by Crippen LogP contribution is 2.74. The predicted octanol–water partition coefficient (Wildman–Crippen LogP) is 4.64. The maximum atomic E-state index is 16.0. The van der Waals surface area contributed by atoms with E-state index in [1.165, 1.54) is 12.5 Å². The number of hydrogen-bond donors (Lipinski definition) is 11. The Morgan fingerprint density at radius 1 is 1.00 bits per heavy atom. The first-order chi connectivity index (χ1) is 35.5. The number of nitrogens with zero attached hydrogens (tertiary/aromatic N) is 1. The zero-order chi connectivity index (χ0) is 54.0. The summed E-state index contributed by atoms with van der Waals surface area (Å²) in [4.78, 5) is 50.3. The minimum Gasteiger partial charge on any atom is -0.465 e. The van der Waals surface area contributed by atoms with Gasteiger partial charge in [0.1, 0.15) is 5.78 Å². The molecular formula is C59H87N5O11. The van der Waals surface area contributed by atoms with E-state index in [1.54, 1.807) is 13.1 Å². The molecule has 8 aliphatic rings. The van der Waals surface area contributed by atoms with E-state index in [1.807, 2.05) is 19.2 Å². The van der Waals surface area contributed by atoms with E-state index in [9.17, 15) is 45.3 Å². The number of cyclic esters (lactones) is 1. The second-order valence-corrected chi connectivity index (χ2v) is 25.4. The number of H-pyrrole nitrogens is 1. The van der Waals surface area contributed by atoms with Crippen LogP contribution < -0.4 is 16.8 Å². The number of ether oxygens (including phenoxy) is 1. The summed E-state index contributed by atoms with van der Waals surface area (Å²) in [5.41, 5.74) is 7.27. The van der Waals surface area contributed by atoms with Gasteiger partial charge in [0.15, 0.2) is 18.0 Å². The Morgan fingerprint density at radius 2 is 1.76 bits per heavy atom. The SMILES string of the molecule is CCCCC[C@@]12C[C@@H](O)[C@@H](O)C[C@]1(C)[C@H]1CC[C@]3(CCN=C(N)N)[C@@H]4[C@@H](CC#C[C@@H]([C@@H]5COC(=O)[C@H]5c5cc[nH]c5)C[C@H]5[C@@H](CC=C6CC[C@H](C)C[C@@H]65)[C@H](C(O)O)C[C@@H](O)[C@]4(C)O)C[C@@]3(O)C1=C(NCC(C)=O)C2=O. The zero-order valence-electron chi connectivity index (χ0n) is 45.0. The number of Topliss-reactive ketones (excluding diaryl/α,β-unsaturated/α-hetero) is 2. The molecule has 1 aliphatic heterocycles. The fourth-order valence-electron chi connectivity index (χ4n) is 17.9. The van der Waals surface area contributed by atoms with Gasteiger partial charge in [-0.05, 0) is 155 Å². The van der Waals surface area contributed by atoms with Gasteiger partial charge in [0.2, 0.25) is 0 Å². The number of allylic oxidation sites excluding steroid dienone is 3. The fourth-order valence-corrected chi connectivity index (χ4v) is 17.9. The lowest BCUT2D eigenvalue weighted by Crippen LogP contribution is -2.68. The molecular weight excluding hydrogens is 955 g/mol. The van der Waals surface area contributed by atoms with Crippen LogP contribution in [-0.4, -0.2) is 120 Å². The van der Waals surface area contributed by atoms with E-state index < -0.39 is 87.6 Å². The van der Waals surface area contributed by atoms with Crippen LogP contribution >= 0.6 is 0 Å². The van der Waals surface area contributed by atoms with Crippen LogP contribution in [-0.2, 0) is 19.1 Å². The average Bonchev–Trinajstić information content (AvgIpc) is 4.12. The van der Waals surface area contributed by atoms with E-state index in [4.69, 9.17) is 16.2 Å². The van der Waals surface area contributed by atoms with Crippen molar-refractivity contribution in [3.05, 3.63) is 46.9 Å². The van der Waals surface area contributed by atoms with Gasteiger partial charge in [0.25, 0.3) is 0 Å². The van der Waals surface area contributed by atoms with E-state index in [-0.39, 0.29) is 118 Å². The van der Waals surface area contributed by atoms with Crippen LogP contribution in [0, 0.1) is 87.3 Å². The molecule has 1 saturated heterocycles. The number of unbranched alkanes of at least 4 members (excludes halogenated alkanes) is 2. The average molecular weight is 1040 g/mol. The molecule has 9 rings (SSSR count). The van der Waals surface area contributed by atoms with Gasteiger partial charge < -0.3 is 62.3 Å². The van der Waals surface area contributed by atoms with Crippen molar-refractivity contribution >= 4 is 23.5 Å². The Balaban J connectivity index is 1.25. The Morgan fingerprint density at radius 3 is 2.45 bits per heavy atom. The lowest BCUT2D eigenvalue weighted by Gasteiger charge is -2.66. The quantitative estimate of drug-likeness (QED) is 0.0244. The third kappa shape index (κ3) is 9.43. The first-order valence-corrected chi connectivity index (χ1v) is 28.4. The number of fused-ring (bicyclic) bond motifs is 10. The van der Waals surface area contributed by atoms with E-state index in [2.05, 4.69) is 47.1 Å². The minimum absolute atomic E-state index is 0.0123. The normalized spacial score (nSPS) is 43.6. The Kier molecular flexibility index (Phi) is 15.8. The first kappa shape index (κ1) is 55.7. The Hall–Kier alpha value is -4.08. The molecule has 0 spiro atoms. The lowest BCUT2D eigenvalue weighted by molar-refractivity contribution is -0.205. The van der Waals surface area contributed by atoms with E-state index >= 15 is 4.79 Å². The molecule has 13 N–H and O–H groups in total. The summed E-state index contributed by atoms with van der Waals surface area (Å²) >= 11 is 0. The highest BCUT2D eigenvalue weighted by atomic mass is 16.5. The minimum atomic E-state index is -2.02. The molecule has 4 saturated carbocycles. The van der Waals surface area contributed by atoms with Crippen LogP contribution in [0.5, 0.6) is 0 Å².